The minimum Gasteiger partial charge on any atom is -0.334 e. The number of hydrogen-bond acceptors (Lipinski definition) is 3. The summed E-state index contributed by atoms with van der Waals surface area (Å²) in [7, 11) is 0. The summed E-state index contributed by atoms with van der Waals surface area (Å²) in [6.07, 6.45) is 1.76. The number of ketones is 1. The number of carbonyl (C=O) groups is 1. The molecule has 0 radical (unpaired) electrons. The van der Waals surface area contributed by atoms with Crippen LogP contribution in [0, 0.1) is 5.82 Å². The highest BCUT2D eigenvalue weighted by Crippen LogP contribution is 2.29. The number of carbonyl (C=O) groups excluding carboxylic acids is 1. The van der Waals surface area contributed by atoms with E-state index < -0.39 is 5.82 Å². The lowest BCUT2D eigenvalue weighted by Gasteiger charge is -2.04. The molecule has 0 saturated carbocycles. The summed E-state index contributed by atoms with van der Waals surface area (Å²) < 4.78 is 17.0. The molecule has 29 heavy (non-hydrogen) atoms. The zero-order valence-corrected chi connectivity index (χ0v) is 15.5. The number of rotatable bonds is 5. The molecule has 0 aliphatic carbocycles. The monoisotopic (exact) mass is 384 g/mol. The van der Waals surface area contributed by atoms with Crippen molar-refractivity contribution < 1.29 is 9.18 Å². The Hall–Kier alpha value is -3.80. The van der Waals surface area contributed by atoms with E-state index >= 15 is 0 Å². The standard InChI is InChI=1S/C23H17FN4O/c24-17-7-5-6-16(12-17)23(29)15-27-13-18(25-26-27)14-28-21-10-3-1-8-19(21)20-9-2-4-11-22(20)28/h1-13H,14-15H2. The second kappa shape index (κ2) is 6.98. The molecule has 5 rings (SSSR count). The van der Waals surface area contributed by atoms with Crippen LogP contribution in [0.15, 0.2) is 79.0 Å². The van der Waals surface area contributed by atoms with Gasteiger partial charge in [0.1, 0.15) is 18.1 Å². The number of Topliss-reactive ketones (excluding diaryl/α,β-unsaturated/α-hetero) is 1. The number of aromatic nitrogens is 4. The van der Waals surface area contributed by atoms with Crippen LogP contribution in [0.3, 0.4) is 0 Å². The molecular formula is C23H17FN4O. The summed E-state index contributed by atoms with van der Waals surface area (Å²) in [5.41, 5.74) is 3.33. The van der Waals surface area contributed by atoms with Crippen LogP contribution < -0.4 is 0 Å². The van der Waals surface area contributed by atoms with E-state index in [2.05, 4.69) is 39.1 Å². The van der Waals surface area contributed by atoms with Gasteiger partial charge in [0.15, 0.2) is 5.78 Å². The molecule has 0 N–H and O–H groups in total. The third-order valence-corrected chi connectivity index (χ3v) is 5.04. The second-order valence-electron chi connectivity index (χ2n) is 6.96. The topological polar surface area (TPSA) is 52.7 Å². The number of hydrogen-bond donors (Lipinski definition) is 0. The van der Waals surface area contributed by atoms with E-state index in [9.17, 15) is 9.18 Å². The molecule has 142 valence electrons. The summed E-state index contributed by atoms with van der Waals surface area (Å²) in [6, 6.07) is 22.2. The first-order valence-corrected chi connectivity index (χ1v) is 9.33. The van der Waals surface area contributed by atoms with E-state index in [1.165, 1.54) is 33.7 Å². The quantitative estimate of drug-likeness (QED) is 0.421. The molecule has 0 saturated heterocycles. The Bertz CT molecular complexity index is 1300. The molecule has 0 unspecified atom stereocenters. The Morgan fingerprint density at radius 1 is 0.897 bits per heavy atom. The van der Waals surface area contributed by atoms with Gasteiger partial charge in [-0.25, -0.2) is 9.07 Å². The van der Waals surface area contributed by atoms with Crippen molar-refractivity contribution in [1.29, 1.82) is 0 Å². The first-order chi connectivity index (χ1) is 14.2. The number of nitrogens with zero attached hydrogens (tertiary/aromatic N) is 4. The van der Waals surface area contributed by atoms with Crippen molar-refractivity contribution in [3.8, 4) is 0 Å². The Labute approximate surface area is 166 Å². The lowest BCUT2D eigenvalue weighted by molar-refractivity contribution is 0.0966. The summed E-state index contributed by atoms with van der Waals surface area (Å²) in [5, 5.41) is 10.7. The van der Waals surface area contributed by atoms with E-state index in [4.69, 9.17) is 0 Å². The van der Waals surface area contributed by atoms with Crippen LogP contribution in [0.4, 0.5) is 4.39 Å². The van der Waals surface area contributed by atoms with E-state index in [0.717, 1.165) is 16.7 Å². The highest BCUT2D eigenvalue weighted by molar-refractivity contribution is 6.08. The van der Waals surface area contributed by atoms with Crippen molar-refractivity contribution in [3.05, 3.63) is 96.1 Å². The summed E-state index contributed by atoms with van der Waals surface area (Å²) in [4.78, 5) is 12.4. The summed E-state index contributed by atoms with van der Waals surface area (Å²) >= 11 is 0. The fourth-order valence-electron chi connectivity index (χ4n) is 3.72. The van der Waals surface area contributed by atoms with Gasteiger partial charge >= 0.3 is 0 Å². The minimum absolute atomic E-state index is 0.0175. The molecule has 5 nitrogen and oxygen atoms in total. The van der Waals surface area contributed by atoms with Crippen molar-refractivity contribution in [2.75, 3.05) is 0 Å². The largest absolute Gasteiger partial charge is 0.334 e. The van der Waals surface area contributed by atoms with Gasteiger partial charge in [-0.2, -0.15) is 0 Å². The van der Waals surface area contributed by atoms with Gasteiger partial charge in [-0.1, -0.05) is 53.7 Å². The molecule has 3 aromatic carbocycles. The van der Waals surface area contributed by atoms with E-state index in [-0.39, 0.29) is 12.3 Å². The molecule has 2 heterocycles. The molecule has 0 spiro atoms. The normalized spacial score (nSPS) is 11.3. The number of fused-ring (bicyclic) bond motifs is 3. The van der Waals surface area contributed by atoms with Crippen molar-refractivity contribution in [2.24, 2.45) is 0 Å². The lowest BCUT2D eigenvalue weighted by Crippen LogP contribution is -2.11. The second-order valence-corrected chi connectivity index (χ2v) is 6.96. The van der Waals surface area contributed by atoms with Crippen LogP contribution in [0.2, 0.25) is 0 Å². The predicted octanol–water partition coefficient (Wildman–Crippen LogP) is 4.46. The SMILES string of the molecule is O=C(Cn1cc(Cn2c3ccccc3c3ccccc32)nn1)c1cccc(F)c1. The molecule has 0 aliphatic rings. The van der Waals surface area contributed by atoms with Gasteiger partial charge in [0.25, 0.3) is 0 Å². The Morgan fingerprint density at radius 2 is 1.59 bits per heavy atom. The van der Waals surface area contributed by atoms with Crippen molar-refractivity contribution >= 4 is 27.6 Å². The molecule has 0 fully saturated rings. The zero-order chi connectivity index (χ0) is 19.8. The Morgan fingerprint density at radius 3 is 2.28 bits per heavy atom. The van der Waals surface area contributed by atoms with Crippen LogP contribution in [0.5, 0.6) is 0 Å². The Balaban J connectivity index is 1.44. The zero-order valence-electron chi connectivity index (χ0n) is 15.5. The first-order valence-electron chi connectivity index (χ1n) is 9.33. The van der Waals surface area contributed by atoms with Gasteiger partial charge < -0.3 is 4.57 Å². The maximum Gasteiger partial charge on any atom is 0.184 e. The molecule has 0 atom stereocenters. The molecule has 2 aromatic heterocycles. The lowest BCUT2D eigenvalue weighted by atomic mass is 10.1. The molecule has 6 heteroatoms. The maximum absolute atomic E-state index is 13.3. The van der Waals surface area contributed by atoms with E-state index in [1.807, 2.05) is 24.3 Å². The summed E-state index contributed by atoms with van der Waals surface area (Å²) in [6.45, 7) is 0.561. The van der Waals surface area contributed by atoms with Crippen LogP contribution >= 0.6 is 0 Å². The number of halogens is 1. The van der Waals surface area contributed by atoms with Crippen molar-refractivity contribution in [2.45, 2.75) is 13.1 Å². The predicted molar refractivity (Wildman–Crippen MR) is 109 cm³/mol. The average Bonchev–Trinajstić information content (AvgIpc) is 3.31. The third-order valence-electron chi connectivity index (χ3n) is 5.04. The Kier molecular flexibility index (Phi) is 4.17. The minimum atomic E-state index is -0.429. The molecule has 0 aliphatic heterocycles. The number of para-hydroxylation sites is 2. The fourth-order valence-corrected chi connectivity index (χ4v) is 3.72. The van der Waals surface area contributed by atoms with Crippen LogP contribution in [0.1, 0.15) is 16.1 Å². The molecular weight excluding hydrogens is 367 g/mol. The van der Waals surface area contributed by atoms with Gasteiger partial charge in [0.2, 0.25) is 0 Å². The van der Waals surface area contributed by atoms with Crippen molar-refractivity contribution in [1.82, 2.24) is 19.6 Å². The summed E-state index contributed by atoms with van der Waals surface area (Å²) in [5.74, 6) is -0.640. The van der Waals surface area contributed by atoms with Gasteiger partial charge in [0.05, 0.1) is 12.7 Å². The molecule has 5 aromatic rings. The van der Waals surface area contributed by atoms with E-state index in [0.29, 0.717) is 12.1 Å². The molecule has 0 amide bonds. The van der Waals surface area contributed by atoms with Gasteiger partial charge in [0, 0.05) is 27.4 Å². The van der Waals surface area contributed by atoms with Gasteiger partial charge in [-0.3, -0.25) is 4.79 Å². The van der Waals surface area contributed by atoms with Crippen LogP contribution in [-0.2, 0) is 13.1 Å². The highest BCUT2D eigenvalue weighted by atomic mass is 19.1. The fraction of sp³-hybridized carbons (Fsp3) is 0.0870. The first kappa shape index (κ1) is 17.3. The molecule has 0 bridgehead atoms. The number of benzene rings is 3. The third kappa shape index (κ3) is 3.18. The van der Waals surface area contributed by atoms with E-state index in [1.54, 1.807) is 12.3 Å². The smallest absolute Gasteiger partial charge is 0.184 e. The van der Waals surface area contributed by atoms with Crippen molar-refractivity contribution in [3.63, 3.8) is 0 Å². The average molecular weight is 384 g/mol. The van der Waals surface area contributed by atoms with Gasteiger partial charge in [-0.15, -0.1) is 5.10 Å². The van der Waals surface area contributed by atoms with Gasteiger partial charge in [-0.05, 0) is 24.3 Å². The van der Waals surface area contributed by atoms with Crippen LogP contribution in [0.25, 0.3) is 21.8 Å². The maximum atomic E-state index is 13.3. The van der Waals surface area contributed by atoms with Crippen LogP contribution in [-0.4, -0.2) is 25.3 Å². The highest BCUT2D eigenvalue weighted by Gasteiger charge is 2.13.